The van der Waals surface area contributed by atoms with Gasteiger partial charge in [0.25, 0.3) is 5.91 Å². The monoisotopic (exact) mass is 264 g/mol. The van der Waals surface area contributed by atoms with Crippen LogP contribution in [0.1, 0.15) is 12.0 Å². The summed E-state index contributed by atoms with van der Waals surface area (Å²) in [7, 11) is 0. The number of rotatable bonds is 2. The smallest absolute Gasteiger partial charge is 0.261 e. The van der Waals surface area contributed by atoms with E-state index in [-0.39, 0.29) is 18.2 Å². The van der Waals surface area contributed by atoms with Crippen LogP contribution in [0.3, 0.4) is 0 Å². The van der Waals surface area contributed by atoms with Crippen molar-refractivity contribution in [2.24, 2.45) is 0 Å². The van der Waals surface area contributed by atoms with E-state index < -0.39 is 0 Å². The lowest BCUT2D eigenvalue weighted by Crippen LogP contribution is -2.28. The van der Waals surface area contributed by atoms with E-state index in [1.165, 1.54) is 4.90 Å². The molecule has 98 valence electrons. The van der Waals surface area contributed by atoms with Crippen LogP contribution in [0.5, 0.6) is 0 Å². The maximum Gasteiger partial charge on any atom is 0.261 e. The molecule has 1 fully saturated rings. The molecular weight excluding hydrogens is 252 g/mol. The predicted molar refractivity (Wildman–Crippen MR) is 75.8 cm³/mol. The summed E-state index contributed by atoms with van der Waals surface area (Å²) < 4.78 is 0. The first-order chi connectivity index (χ1) is 9.75. The number of hydrogen-bond acceptors (Lipinski definition) is 3. The van der Waals surface area contributed by atoms with E-state index in [1.807, 2.05) is 12.1 Å². The molecule has 4 nitrogen and oxygen atoms in total. The van der Waals surface area contributed by atoms with Crippen molar-refractivity contribution >= 4 is 23.6 Å². The Morgan fingerprint density at radius 3 is 2.55 bits per heavy atom. The van der Waals surface area contributed by atoms with Gasteiger partial charge < -0.3 is 0 Å². The molecule has 0 atom stereocenters. The highest BCUT2D eigenvalue weighted by atomic mass is 16.2. The first kappa shape index (κ1) is 12.3. The number of pyridine rings is 1. The van der Waals surface area contributed by atoms with E-state index in [9.17, 15) is 9.59 Å². The molecule has 0 radical (unpaired) electrons. The van der Waals surface area contributed by atoms with E-state index in [0.29, 0.717) is 11.3 Å². The van der Waals surface area contributed by atoms with Gasteiger partial charge in [0.15, 0.2) is 0 Å². The van der Waals surface area contributed by atoms with Gasteiger partial charge in [-0.05, 0) is 29.8 Å². The summed E-state index contributed by atoms with van der Waals surface area (Å²) in [5.74, 6) is -0.457. The molecule has 0 saturated carbocycles. The van der Waals surface area contributed by atoms with Crippen LogP contribution >= 0.6 is 0 Å². The zero-order valence-corrected chi connectivity index (χ0v) is 10.7. The van der Waals surface area contributed by atoms with Crippen molar-refractivity contribution in [3.63, 3.8) is 0 Å². The zero-order chi connectivity index (χ0) is 13.9. The second-order valence-electron chi connectivity index (χ2n) is 4.50. The van der Waals surface area contributed by atoms with Gasteiger partial charge >= 0.3 is 0 Å². The summed E-state index contributed by atoms with van der Waals surface area (Å²) in [5.41, 5.74) is 1.92. The van der Waals surface area contributed by atoms with Crippen LogP contribution in [-0.2, 0) is 9.59 Å². The van der Waals surface area contributed by atoms with Crippen LogP contribution in [0, 0.1) is 0 Å². The van der Waals surface area contributed by atoms with Gasteiger partial charge in [0, 0.05) is 18.0 Å². The number of hydrogen-bond donors (Lipinski definition) is 0. The molecule has 0 N–H and O–H groups in total. The zero-order valence-electron chi connectivity index (χ0n) is 10.7. The van der Waals surface area contributed by atoms with E-state index in [1.54, 1.807) is 48.8 Å². The van der Waals surface area contributed by atoms with Gasteiger partial charge in [0.1, 0.15) is 0 Å². The number of amides is 2. The molecule has 1 saturated heterocycles. The van der Waals surface area contributed by atoms with Crippen molar-refractivity contribution in [1.82, 2.24) is 4.98 Å². The quantitative estimate of drug-likeness (QED) is 0.618. The lowest BCUT2D eigenvalue weighted by Gasteiger charge is -2.12. The molecule has 20 heavy (non-hydrogen) atoms. The third-order valence-electron chi connectivity index (χ3n) is 3.11. The molecule has 0 spiro atoms. The highest BCUT2D eigenvalue weighted by Crippen LogP contribution is 2.26. The van der Waals surface area contributed by atoms with Gasteiger partial charge in [0.2, 0.25) is 5.91 Å². The first-order valence-corrected chi connectivity index (χ1v) is 6.28. The minimum Gasteiger partial charge on any atom is -0.274 e. The van der Waals surface area contributed by atoms with E-state index in [0.717, 1.165) is 5.56 Å². The number of anilines is 1. The van der Waals surface area contributed by atoms with Crippen LogP contribution < -0.4 is 4.90 Å². The highest BCUT2D eigenvalue weighted by Gasteiger charge is 2.34. The Morgan fingerprint density at radius 2 is 1.85 bits per heavy atom. The Morgan fingerprint density at radius 1 is 1.05 bits per heavy atom. The fraction of sp³-hybridized carbons (Fsp3) is 0.0625. The second kappa shape index (κ2) is 5.09. The fourth-order valence-corrected chi connectivity index (χ4v) is 2.19. The summed E-state index contributed by atoms with van der Waals surface area (Å²) in [5, 5.41) is 0. The average molecular weight is 264 g/mol. The Labute approximate surface area is 116 Å². The summed E-state index contributed by atoms with van der Waals surface area (Å²) in [4.78, 5) is 29.6. The van der Waals surface area contributed by atoms with Crippen LogP contribution in [0.15, 0.2) is 60.4 Å². The lowest BCUT2D eigenvalue weighted by molar-refractivity contribution is -0.120. The number of nitrogens with zero attached hydrogens (tertiary/aromatic N) is 2. The summed E-state index contributed by atoms with van der Waals surface area (Å²) >= 11 is 0. The Hall–Kier alpha value is -2.75. The van der Waals surface area contributed by atoms with Crippen molar-refractivity contribution in [3.8, 4) is 0 Å². The van der Waals surface area contributed by atoms with Crippen LogP contribution in [0.2, 0.25) is 0 Å². The molecule has 0 bridgehead atoms. The van der Waals surface area contributed by atoms with Crippen LogP contribution in [0.25, 0.3) is 6.08 Å². The molecule has 0 unspecified atom stereocenters. The summed E-state index contributed by atoms with van der Waals surface area (Å²) in [6.45, 7) is 0. The normalized spacial score (nSPS) is 17.0. The molecule has 4 heteroatoms. The number of carbonyl (C=O) groups is 2. The second-order valence-corrected chi connectivity index (χ2v) is 4.50. The van der Waals surface area contributed by atoms with Gasteiger partial charge in [-0.3, -0.25) is 14.6 Å². The molecular formula is C16H12N2O2. The summed E-state index contributed by atoms with van der Waals surface area (Å²) in [6.07, 6.45) is 5.18. The first-order valence-electron chi connectivity index (χ1n) is 6.28. The van der Waals surface area contributed by atoms with Crippen molar-refractivity contribution < 1.29 is 9.59 Å². The van der Waals surface area contributed by atoms with Gasteiger partial charge in [-0.15, -0.1) is 0 Å². The molecule has 1 aliphatic rings. The Bertz CT molecular complexity index is 678. The number of aromatic nitrogens is 1. The molecule has 0 aliphatic carbocycles. The molecule has 2 aromatic rings. The predicted octanol–water partition coefficient (Wildman–Crippen LogP) is 2.43. The van der Waals surface area contributed by atoms with Gasteiger partial charge in [-0.1, -0.05) is 24.3 Å². The maximum atomic E-state index is 12.3. The van der Waals surface area contributed by atoms with Crippen molar-refractivity contribution in [1.29, 1.82) is 0 Å². The third-order valence-corrected chi connectivity index (χ3v) is 3.11. The van der Waals surface area contributed by atoms with E-state index in [2.05, 4.69) is 4.98 Å². The minimum atomic E-state index is -0.259. The fourth-order valence-electron chi connectivity index (χ4n) is 2.19. The Kier molecular flexibility index (Phi) is 3.13. The van der Waals surface area contributed by atoms with Gasteiger partial charge in [0.05, 0.1) is 12.1 Å². The molecule has 2 heterocycles. The van der Waals surface area contributed by atoms with Gasteiger partial charge in [-0.25, -0.2) is 4.90 Å². The third kappa shape index (κ3) is 2.23. The minimum absolute atomic E-state index is 0.128. The van der Waals surface area contributed by atoms with Crippen molar-refractivity contribution in [2.45, 2.75) is 6.42 Å². The standard InChI is InChI=1S/C16H12N2O2/c19-15-10-13(9-12-5-4-8-17-11-12)16(20)18(15)14-6-2-1-3-7-14/h1-9,11H,10H2/b13-9-. The highest BCUT2D eigenvalue weighted by molar-refractivity contribution is 6.29. The van der Waals surface area contributed by atoms with E-state index >= 15 is 0 Å². The molecule has 1 aliphatic heterocycles. The van der Waals surface area contributed by atoms with Crippen molar-refractivity contribution in [2.75, 3.05) is 4.90 Å². The number of imide groups is 1. The number of benzene rings is 1. The molecule has 2 amide bonds. The van der Waals surface area contributed by atoms with Crippen LogP contribution in [0.4, 0.5) is 5.69 Å². The van der Waals surface area contributed by atoms with E-state index in [4.69, 9.17) is 0 Å². The molecule has 1 aromatic carbocycles. The van der Waals surface area contributed by atoms with Crippen molar-refractivity contribution in [3.05, 3.63) is 66.0 Å². The van der Waals surface area contributed by atoms with Gasteiger partial charge in [-0.2, -0.15) is 0 Å². The summed E-state index contributed by atoms with van der Waals surface area (Å²) in [6, 6.07) is 12.6. The van der Waals surface area contributed by atoms with Crippen LogP contribution in [-0.4, -0.2) is 16.8 Å². The molecule has 3 rings (SSSR count). The lowest BCUT2D eigenvalue weighted by atomic mass is 10.1. The molecule has 1 aromatic heterocycles. The number of carbonyl (C=O) groups excluding carboxylic acids is 2. The topological polar surface area (TPSA) is 50.3 Å². The average Bonchev–Trinajstić information content (AvgIpc) is 2.75. The maximum absolute atomic E-state index is 12.3. The number of para-hydroxylation sites is 1. The Balaban J connectivity index is 1.93. The SMILES string of the molecule is O=C1C/C(=C/c2cccnc2)C(=O)N1c1ccccc1. The largest absolute Gasteiger partial charge is 0.274 e.